The van der Waals surface area contributed by atoms with Crippen molar-refractivity contribution < 1.29 is 14.4 Å². The van der Waals surface area contributed by atoms with Crippen molar-refractivity contribution in [1.29, 1.82) is 0 Å². The number of carbonyl (C=O) groups is 3. The molecule has 5 heteroatoms. The summed E-state index contributed by atoms with van der Waals surface area (Å²) in [5.74, 6) is -0.729. The van der Waals surface area contributed by atoms with Crippen molar-refractivity contribution in [3.63, 3.8) is 0 Å². The standard InChI is InChI=1S/C17H26N2O3/c1-5-14(20)10-12-6-8-13(9-7-12)17(22)19(4)15(11(2)3)16(18)21/h5,10-11,13,15H,1,6-9H2,2-4H3,(H2,18,21)/t13?,15-/m0/s1. The first-order valence-electron chi connectivity index (χ1n) is 7.69. The lowest BCUT2D eigenvalue weighted by atomic mass is 9.84. The lowest BCUT2D eigenvalue weighted by Crippen LogP contribution is -2.50. The zero-order valence-corrected chi connectivity index (χ0v) is 13.7. The average molecular weight is 306 g/mol. The van der Waals surface area contributed by atoms with E-state index in [4.69, 9.17) is 5.73 Å². The molecule has 0 saturated heterocycles. The van der Waals surface area contributed by atoms with Crippen LogP contribution in [0.25, 0.3) is 0 Å². The van der Waals surface area contributed by atoms with E-state index in [1.165, 1.54) is 11.0 Å². The van der Waals surface area contributed by atoms with Gasteiger partial charge >= 0.3 is 0 Å². The quantitative estimate of drug-likeness (QED) is 0.760. The predicted molar refractivity (Wildman–Crippen MR) is 85.8 cm³/mol. The fraction of sp³-hybridized carbons (Fsp3) is 0.588. The molecule has 0 radical (unpaired) electrons. The van der Waals surface area contributed by atoms with E-state index in [2.05, 4.69) is 6.58 Å². The lowest BCUT2D eigenvalue weighted by Gasteiger charge is -2.33. The topological polar surface area (TPSA) is 80.5 Å². The molecule has 22 heavy (non-hydrogen) atoms. The molecule has 0 unspecified atom stereocenters. The SMILES string of the molecule is C=CC(=O)C=C1CCC(C(=O)N(C)[C@H](C(N)=O)C(C)C)CC1. The van der Waals surface area contributed by atoms with E-state index >= 15 is 0 Å². The number of carbonyl (C=O) groups excluding carboxylic acids is 3. The first-order valence-corrected chi connectivity index (χ1v) is 7.69. The van der Waals surface area contributed by atoms with Crippen LogP contribution in [0.15, 0.2) is 24.3 Å². The number of nitrogens with zero attached hydrogens (tertiary/aromatic N) is 1. The Balaban J connectivity index is 2.69. The summed E-state index contributed by atoms with van der Waals surface area (Å²) in [5, 5.41) is 0. The van der Waals surface area contributed by atoms with Gasteiger partial charge in [0.05, 0.1) is 0 Å². The van der Waals surface area contributed by atoms with Crippen LogP contribution < -0.4 is 5.73 Å². The van der Waals surface area contributed by atoms with Gasteiger partial charge in [-0.15, -0.1) is 0 Å². The van der Waals surface area contributed by atoms with E-state index in [9.17, 15) is 14.4 Å². The summed E-state index contributed by atoms with van der Waals surface area (Å²) in [6.45, 7) is 7.20. The van der Waals surface area contributed by atoms with E-state index in [-0.39, 0.29) is 23.5 Å². The molecule has 0 aromatic carbocycles. The van der Waals surface area contributed by atoms with Gasteiger partial charge in [-0.2, -0.15) is 0 Å². The zero-order valence-electron chi connectivity index (χ0n) is 13.7. The normalized spacial score (nSPS) is 19.5. The number of allylic oxidation sites excluding steroid dienone is 3. The van der Waals surface area contributed by atoms with Crippen LogP contribution in [0.2, 0.25) is 0 Å². The molecule has 1 fully saturated rings. The molecule has 0 aliphatic heterocycles. The maximum Gasteiger partial charge on any atom is 0.240 e. The smallest absolute Gasteiger partial charge is 0.240 e. The first-order chi connectivity index (χ1) is 10.3. The minimum atomic E-state index is -0.577. The number of amides is 2. The van der Waals surface area contributed by atoms with Crippen LogP contribution in [0, 0.1) is 11.8 Å². The summed E-state index contributed by atoms with van der Waals surface area (Å²) >= 11 is 0. The Kier molecular flexibility index (Phi) is 6.53. The van der Waals surface area contributed by atoms with Crippen LogP contribution in [-0.4, -0.2) is 35.6 Å². The maximum absolute atomic E-state index is 12.5. The Morgan fingerprint density at radius 1 is 1.27 bits per heavy atom. The molecule has 2 N–H and O–H groups in total. The van der Waals surface area contributed by atoms with Crippen molar-refractivity contribution in [2.75, 3.05) is 7.05 Å². The highest BCUT2D eigenvalue weighted by Gasteiger charge is 2.33. The molecular formula is C17H26N2O3. The number of primary amides is 1. The molecule has 0 spiro atoms. The van der Waals surface area contributed by atoms with Crippen LogP contribution in [0.1, 0.15) is 39.5 Å². The molecule has 122 valence electrons. The number of rotatable bonds is 6. The largest absolute Gasteiger partial charge is 0.368 e. The summed E-state index contributed by atoms with van der Waals surface area (Å²) in [4.78, 5) is 36.9. The molecule has 1 atom stereocenters. The van der Waals surface area contributed by atoms with Gasteiger partial charge < -0.3 is 10.6 Å². The fourth-order valence-electron chi connectivity index (χ4n) is 3.03. The van der Waals surface area contributed by atoms with Crippen LogP contribution >= 0.6 is 0 Å². The molecule has 1 saturated carbocycles. The number of hydrogen-bond acceptors (Lipinski definition) is 3. The Hall–Kier alpha value is -1.91. The van der Waals surface area contributed by atoms with Gasteiger partial charge in [0.1, 0.15) is 6.04 Å². The summed E-state index contributed by atoms with van der Waals surface area (Å²) in [6.07, 6.45) is 5.75. The van der Waals surface area contributed by atoms with Crippen molar-refractivity contribution in [2.45, 2.75) is 45.6 Å². The molecule has 0 aromatic rings. The van der Waals surface area contributed by atoms with Crippen molar-refractivity contribution in [3.05, 3.63) is 24.3 Å². The van der Waals surface area contributed by atoms with Crippen LogP contribution in [0.4, 0.5) is 0 Å². The second kappa shape index (κ2) is 7.92. The Labute approximate surface area is 132 Å². The molecule has 1 aliphatic carbocycles. The molecule has 0 heterocycles. The highest BCUT2D eigenvalue weighted by atomic mass is 16.2. The number of hydrogen-bond donors (Lipinski definition) is 1. The summed E-state index contributed by atoms with van der Waals surface area (Å²) < 4.78 is 0. The molecule has 5 nitrogen and oxygen atoms in total. The van der Waals surface area contributed by atoms with Crippen molar-refractivity contribution in [3.8, 4) is 0 Å². The van der Waals surface area contributed by atoms with Gasteiger partial charge in [-0.25, -0.2) is 0 Å². The third-order valence-electron chi connectivity index (χ3n) is 4.21. The number of ketones is 1. The van der Waals surface area contributed by atoms with E-state index in [0.717, 1.165) is 18.4 Å². The van der Waals surface area contributed by atoms with Gasteiger partial charge in [-0.3, -0.25) is 14.4 Å². The first kappa shape index (κ1) is 18.1. The second-order valence-electron chi connectivity index (χ2n) is 6.22. The minimum absolute atomic E-state index is 0.0179. The van der Waals surface area contributed by atoms with E-state index in [1.54, 1.807) is 13.1 Å². The average Bonchev–Trinajstić information content (AvgIpc) is 2.46. The highest BCUT2D eigenvalue weighted by molar-refractivity contribution is 5.99. The van der Waals surface area contributed by atoms with Gasteiger partial charge in [0.2, 0.25) is 11.8 Å². The van der Waals surface area contributed by atoms with Gasteiger partial charge in [-0.1, -0.05) is 26.0 Å². The Bertz CT molecular complexity index is 484. The van der Waals surface area contributed by atoms with E-state index < -0.39 is 11.9 Å². The van der Waals surface area contributed by atoms with Crippen molar-refractivity contribution in [1.82, 2.24) is 4.90 Å². The summed E-state index contributed by atoms with van der Waals surface area (Å²) in [7, 11) is 1.64. The second-order valence-corrected chi connectivity index (χ2v) is 6.22. The summed E-state index contributed by atoms with van der Waals surface area (Å²) in [6, 6.07) is -0.577. The van der Waals surface area contributed by atoms with Crippen molar-refractivity contribution in [2.24, 2.45) is 17.6 Å². The third kappa shape index (κ3) is 4.55. The van der Waals surface area contributed by atoms with E-state index in [0.29, 0.717) is 12.8 Å². The molecule has 2 amide bonds. The molecule has 0 bridgehead atoms. The summed E-state index contributed by atoms with van der Waals surface area (Å²) in [5.41, 5.74) is 6.47. The number of likely N-dealkylation sites (N-methyl/N-ethyl adjacent to an activating group) is 1. The van der Waals surface area contributed by atoms with Crippen molar-refractivity contribution >= 4 is 17.6 Å². The van der Waals surface area contributed by atoms with Gasteiger partial charge in [0.15, 0.2) is 5.78 Å². The maximum atomic E-state index is 12.5. The molecular weight excluding hydrogens is 280 g/mol. The van der Waals surface area contributed by atoms with Gasteiger partial charge in [0.25, 0.3) is 0 Å². The monoisotopic (exact) mass is 306 g/mol. The minimum Gasteiger partial charge on any atom is -0.368 e. The molecule has 1 rings (SSSR count). The van der Waals surface area contributed by atoms with Crippen LogP contribution in [0.5, 0.6) is 0 Å². The van der Waals surface area contributed by atoms with Gasteiger partial charge in [-0.05, 0) is 43.8 Å². The molecule has 0 aromatic heterocycles. The van der Waals surface area contributed by atoms with Crippen LogP contribution in [0.3, 0.4) is 0 Å². The highest BCUT2D eigenvalue weighted by Crippen LogP contribution is 2.30. The van der Waals surface area contributed by atoms with E-state index in [1.807, 2.05) is 13.8 Å². The zero-order chi connectivity index (χ0) is 16.9. The fourth-order valence-corrected chi connectivity index (χ4v) is 3.03. The molecule has 1 aliphatic rings. The third-order valence-corrected chi connectivity index (χ3v) is 4.21. The van der Waals surface area contributed by atoms with Gasteiger partial charge in [0, 0.05) is 13.0 Å². The van der Waals surface area contributed by atoms with Crippen LogP contribution in [-0.2, 0) is 14.4 Å². The Morgan fingerprint density at radius 3 is 2.23 bits per heavy atom. The lowest BCUT2D eigenvalue weighted by molar-refractivity contribution is -0.143. The number of nitrogens with two attached hydrogens (primary N) is 1. The predicted octanol–water partition coefficient (Wildman–Crippen LogP) is 1.83. The Morgan fingerprint density at radius 2 is 1.82 bits per heavy atom.